The molecule has 0 aliphatic heterocycles. The average molecular weight is 419 g/mol. The summed E-state index contributed by atoms with van der Waals surface area (Å²) < 4.78 is 23.5. The molecule has 146 valence electrons. The van der Waals surface area contributed by atoms with Crippen LogP contribution in [0.5, 0.6) is 0 Å². The SMILES string of the molecule is Cc1ccc(-n2nc(C)c(C(=O)Nc3cc(S(C)(=O)=O)ccc3Cl)n2)c(C)c1. The molecule has 0 bridgehead atoms. The molecule has 28 heavy (non-hydrogen) atoms. The van der Waals surface area contributed by atoms with Crippen molar-refractivity contribution in [1.82, 2.24) is 15.0 Å². The van der Waals surface area contributed by atoms with Crippen LogP contribution >= 0.6 is 11.6 Å². The summed E-state index contributed by atoms with van der Waals surface area (Å²) in [4.78, 5) is 14.2. The van der Waals surface area contributed by atoms with Crippen LogP contribution in [0.2, 0.25) is 5.02 Å². The first-order valence-electron chi connectivity index (χ1n) is 8.39. The molecule has 7 nitrogen and oxygen atoms in total. The number of rotatable bonds is 4. The Balaban J connectivity index is 1.93. The van der Waals surface area contributed by atoms with Gasteiger partial charge in [-0.2, -0.15) is 9.90 Å². The number of carbonyl (C=O) groups is 1. The summed E-state index contributed by atoms with van der Waals surface area (Å²) in [7, 11) is -3.43. The van der Waals surface area contributed by atoms with E-state index in [0.29, 0.717) is 5.69 Å². The zero-order chi connectivity index (χ0) is 20.6. The summed E-state index contributed by atoms with van der Waals surface area (Å²) in [6, 6.07) is 9.96. The predicted octanol–water partition coefficient (Wildman–Crippen LogP) is 3.50. The Morgan fingerprint density at radius 3 is 2.43 bits per heavy atom. The molecule has 0 fully saturated rings. The first kappa shape index (κ1) is 20.0. The molecule has 1 heterocycles. The number of carbonyl (C=O) groups excluding carboxylic acids is 1. The van der Waals surface area contributed by atoms with Crippen molar-refractivity contribution in [3.05, 3.63) is 63.9 Å². The molecule has 0 aliphatic rings. The summed E-state index contributed by atoms with van der Waals surface area (Å²) in [5, 5.41) is 11.5. The van der Waals surface area contributed by atoms with Crippen LogP contribution < -0.4 is 5.32 Å². The zero-order valence-corrected chi connectivity index (χ0v) is 17.4. The molecule has 2 aromatic carbocycles. The van der Waals surface area contributed by atoms with Crippen molar-refractivity contribution < 1.29 is 13.2 Å². The van der Waals surface area contributed by atoms with Gasteiger partial charge in [0.25, 0.3) is 5.91 Å². The Kier molecular flexibility index (Phi) is 5.27. The maximum absolute atomic E-state index is 12.7. The third-order valence-electron chi connectivity index (χ3n) is 4.18. The van der Waals surface area contributed by atoms with Gasteiger partial charge in [-0.3, -0.25) is 4.79 Å². The monoisotopic (exact) mass is 418 g/mol. The number of benzene rings is 2. The Morgan fingerprint density at radius 1 is 1.07 bits per heavy atom. The number of hydrogen-bond acceptors (Lipinski definition) is 5. The Hall–Kier alpha value is -2.71. The molecule has 0 aliphatic carbocycles. The molecule has 0 saturated carbocycles. The van der Waals surface area contributed by atoms with Gasteiger partial charge in [-0.05, 0) is 50.6 Å². The summed E-state index contributed by atoms with van der Waals surface area (Å²) in [5.74, 6) is -0.527. The van der Waals surface area contributed by atoms with Gasteiger partial charge in [-0.25, -0.2) is 8.42 Å². The quantitative estimate of drug-likeness (QED) is 0.699. The number of sulfone groups is 1. The average Bonchev–Trinajstić information content (AvgIpc) is 2.97. The van der Waals surface area contributed by atoms with E-state index in [1.807, 2.05) is 32.0 Å². The number of nitrogens with zero attached hydrogens (tertiary/aromatic N) is 3. The fourth-order valence-corrected chi connectivity index (χ4v) is 3.55. The number of anilines is 1. The lowest BCUT2D eigenvalue weighted by atomic mass is 10.1. The molecular formula is C19H19ClN4O3S. The van der Waals surface area contributed by atoms with E-state index < -0.39 is 15.7 Å². The number of nitrogens with one attached hydrogen (secondary N) is 1. The van der Waals surface area contributed by atoms with Gasteiger partial charge < -0.3 is 5.32 Å². The lowest BCUT2D eigenvalue weighted by molar-refractivity contribution is 0.102. The molecule has 0 saturated heterocycles. The molecule has 0 spiro atoms. The number of hydrogen-bond donors (Lipinski definition) is 1. The van der Waals surface area contributed by atoms with Crippen LogP contribution in [-0.4, -0.2) is 35.6 Å². The minimum atomic E-state index is -3.43. The molecule has 3 aromatic rings. The van der Waals surface area contributed by atoms with E-state index >= 15 is 0 Å². The topological polar surface area (TPSA) is 94.0 Å². The van der Waals surface area contributed by atoms with E-state index in [9.17, 15) is 13.2 Å². The molecule has 1 amide bonds. The first-order chi connectivity index (χ1) is 13.1. The van der Waals surface area contributed by atoms with E-state index in [0.717, 1.165) is 23.1 Å². The van der Waals surface area contributed by atoms with E-state index in [4.69, 9.17) is 11.6 Å². The second-order valence-corrected chi connectivity index (χ2v) is 9.00. The van der Waals surface area contributed by atoms with Crippen molar-refractivity contribution in [3.63, 3.8) is 0 Å². The van der Waals surface area contributed by atoms with Gasteiger partial charge in [0.2, 0.25) is 0 Å². The van der Waals surface area contributed by atoms with Gasteiger partial charge >= 0.3 is 0 Å². The Bertz CT molecular complexity index is 1190. The second-order valence-electron chi connectivity index (χ2n) is 6.58. The van der Waals surface area contributed by atoms with Crippen LogP contribution in [0.25, 0.3) is 5.69 Å². The van der Waals surface area contributed by atoms with Crippen LogP contribution in [0.4, 0.5) is 5.69 Å². The minimum absolute atomic E-state index is 0.0582. The molecule has 1 N–H and O–H groups in total. The number of aryl methyl sites for hydroxylation is 3. The van der Waals surface area contributed by atoms with Crippen molar-refractivity contribution in [2.75, 3.05) is 11.6 Å². The van der Waals surface area contributed by atoms with Gasteiger partial charge in [0.1, 0.15) is 0 Å². The second kappa shape index (κ2) is 7.37. The van der Waals surface area contributed by atoms with Gasteiger partial charge in [0.05, 0.1) is 27.0 Å². The van der Waals surface area contributed by atoms with Crippen molar-refractivity contribution in [2.24, 2.45) is 0 Å². The molecule has 0 unspecified atom stereocenters. The Morgan fingerprint density at radius 2 is 1.79 bits per heavy atom. The molecule has 9 heteroatoms. The highest BCUT2D eigenvalue weighted by Gasteiger charge is 2.19. The first-order valence-corrected chi connectivity index (χ1v) is 10.7. The van der Waals surface area contributed by atoms with Gasteiger partial charge in [0, 0.05) is 6.26 Å². The lowest BCUT2D eigenvalue weighted by Gasteiger charge is -2.08. The van der Waals surface area contributed by atoms with Crippen molar-refractivity contribution in [2.45, 2.75) is 25.7 Å². The normalized spacial score (nSPS) is 11.5. The molecule has 3 rings (SSSR count). The fourth-order valence-electron chi connectivity index (χ4n) is 2.74. The summed E-state index contributed by atoms with van der Waals surface area (Å²) in [5.41, 5.74) is 3.61. The highest BCUT2D eigenvalue weighted by Crippen LogP contribution is 2.26. The van der Waals surface area contributed by atoms with E-state index in [2.05, 4.69) is 15.5 Å². The zero-order valence-electron chi connectivity index (χ0n) is 15.8. The van der Waals surface area contributed by atoms with Crippen LogP contribution in [0.3, 0.4) is 0 Å². The minimum Gasteiger partial charge on any atom is -0.319 e. The number of halogens is 1. The van der Waals surface area contributed by atoms with Crippen molar-refractivity contribution in [3.8, 4) is 5.69 Å². The third-order valence-corrected chi connectivity index (χ3v) is 5.62. The van der Waals surface area contributed by atoms with E-state index in [1.54, 1.807) is 6.92 Å². The van der Waals surface area contributed by atoms with Crippen molar-refractivity contribution >= 4 is 33.0 Å². The van der Waals surface area contributed by atoms with E-state index in [1.165, 1.54) is 23.0 Å². The van der Waals surface area contributed by atoms with Gasteiger partial charge in [-0.1, -0.05) is 29.3 Å². The van der Waals surface area contributed by atoms with Gasteiger partial charge in [0.15, 0.2) is 15.5 Å². The van der Waals surface area contributed by atoms with Crippen LogP contribution in [0, 0.1) is 20.8 Å². The Labute approximate surface area is 168 Å². The summed E-state index contributed by atoms with van der Waals surface area (Å²) in [6.07, 6.45) is 1.08. The number of aromatic nitrogens is 3. The largest absolute Gasteiger partial charge is 0.319 e. The third kappa shape index (κ3) is 4.07. The van der Waals surface area contributed by atoms with Crippen molar-refractivity contribution in [1.29, 1.82) is 0 Å². The number of amides is 1. The summed E-state index contributed by atoms with van der Waals surface area (Å²) in [6.45, 7) is 5.61. The van der Waals surface area contributed by atoms with E-state index in [-0.39, 0.29) is 21.3 Å². The lowest BCUT2D eigenvalue weighted by Crippen LogP contribution is -2.15. The fraction of sp³-hybridized carbons (Fsp3) is 0.211. The molecular weight excluding hydrogens is 400 g/mol. The molecule has 1 aromatic heterocycles. The molecule has 0 radical (unpaired) electrons. The van der Waals surface area contributed by atoms with Crippen LogP contribution in [0.1, 0.15) is 27.3 Å². The molecule has 0 atom stereocenters. The smallest absolute Gasteiger partial charge is 0.278 e. The standard InChI is InChI=1S/C19H19ClN4O3S/c1-11-5-8-17(12(2)9-11)24-22-13(3)18(23-24)19(25)21-16-10-14(28(4,26)27)6-7-15(16)20/h5-10H,1-4H3,(H,21,25). The highest BCUT2D eigenvalue weighted by molar-refractivity contribution is 7.90. The predicted molar refractivity (Wildman–Crippen MR) is 108 cm³/mol. The summed E-state index contributed by atoms with van der Waals surface area (Å²) >= 11 is 6.10. The van der Waals surface area contributed by atoms with Crippen LogP contribution in [0.15, 0.2) is 41.3 Å². The van der Waals surface area contributed by atoms with Gasteiger partial charge in [-0.15, -0.1) is 5.10 Å². The maximum atomic E-state index is 12.7. The van der Waals surface area contributed by atoms with Crippen LogP contribution in [-0.2, 0) is 9.84 Å². The maximum Gasteiger partial charge on any atom is 0.278 e. The highest BCUT2D eigenvalue weighted by atomic mass is 35.5.